The van der Waals surface area contributed by atoms with E-state index >= 15 is 0 Å². The van der Waals surface area contributed by atoms with Gasteiger partial charge in [-0.25, -0.2) is 0 Å². The van der Waals surface area contributed by atoms with Crippen LogP contribution in [0.1, 0.15) is 24.0 Å². The van der Waals surface area contributed by atoms with Gasteiger partial charge in [-0.15, -0.1) is 0 Å². The summed E-state index contributed by atoms with van der Waals surface area (Å²) in [4.78, 5) is 37.4. The van der Waals surface area contributed by atoms with Gasteiger partial charge in [-0.05, 0) is 36.2 Å². The number of anilines is 2. The second-order valence-electron chi connectivity index (χ2n) is 6.78. The van der Waals surface area contributed by atoms with Gasteiger partial charge in [-0.3, -0.25) is 14.4 Å². The molecule has 0 spiro atoms. The van der Waals surface area contributed by atoms with Crippen molar-refractivity contribution in [2.45, 2.75) is 25.4 Å². The number of nitrogens with zero attached hydrogens (tertiary/aromatic N) is 1. The molecule has 2 aromatic rings. The molecule has 6 nitrogen and oxygen atoms in total. The number of ether oxygens (including phenoxy) is 1. The molecular formula is C21H19F3N2O4. The van der Waals surface area contributed by atoms with Crippen LogP contribution in [0.25, 0.3) is 0 Å². The first kappa shape index (κ1) is 21.4. The maximum absolute atomic E-state index is 12.7. The summed E-state index contributed by atoms with van der Waals surface area (Å²) in [5, 5.41) is 2.57. The summed E-state index contributed by atoms with van der Waals surface area (Å²) in [7, 11) is 0. The van der Waals surface area contributed by atoms with Gasteiger partial charge in [0.05, 0.1) is 12.0 Å². The van der Waals surface area contributed by atoms with Crippen LogP contribution in [0, 0.1) is 0 Å². The monoisotopic (exact) mass is 420 g/mol. The summed E-state index contributed by atoms with van der Waals surface area (Å²) in [6.45, 7) is 0.0358. The molecule has 1 heterocycles. The highest BCUT2D eigenvalue weighted by atomic mass is 19.4. The standard InChI is InChI=1S/C21H19F3N2O4/c22-21(23,24)15-5-1-4-14(10-15)11-20(29)30-13-18(27)25-16-6-2-7-17(12-16)26-9-3-8-19(26)28/h1-2,4-7,10,12H,3,8-9,11,13H2,(H,25,27). The van der Waals surface area contributed by atoms with Crippen molar-refractivity contribution in [2.24, 2.45) is 0 Å². The maximum atomic E-state index is 12.7. The number of carbonyl (C=O) groups is 3. The minimum absolute atomic E-state index is 0.0157. The van der Waals surface area contributed by atoms with E-state index in [1.807, 2.05) is 0 Å². The third-order valence-electron chi connectivity index (χ3n) is 4.48. The fourth-order valence-corrected chi connectivity index (χ4v) is 3.09. The van der Waals surface area contributed by atoms with E-state index < -0.39 is 30.2 Å². The number of carbonyl (C=O) groups excluding carboxylic acids is 3. The number of rotatable bonds is 6. The Morgan fingerprint density at radius 2 is 1.87 bits per heavy atom. The van der Waals surface area contributed by atoms with Gasteiger partial charge in [0.25, 0.3) is 5.91 Å². The second kappa shape index (κ2) is 8.98. The molecule has 0 unspecified atom stereocenters. The highest BCUT2D eigenvalue weighted by Gasteiger charge is 2.30. The molecule has 3 rings (SSSR count). The number of amides is 2. The fraction of sp³-hybridized carbons (Fsp3) is 0.286. The van der Waals surface area contributed by atoms with E-state index in [4.69, 9.17) is 4.74 Å². The summed E-state index contributed by atoms with van der Waals surface area (Å²) in [5.41, 5.74) is 0.378. The molecule has 0 aromatic heterocycles. The molecule has 158 valence electrons. The lowest BCUT2D eigenvalue weighted by Gasteiger charge is -2.16. The predicted octanol–water partition coefficient (Wildman–Crippen LogP) is 3.56. The fourth-order valence-electron chi connectivity index (χ4n) is 3.09. The zero-order valence-corrected chi connectivity index (χ0v) is 15.9. The van der Waals surface area contributed by atoms with Gasteiger partial charge in [0.1, 0.15) is 0 Å². The number of esters is 1. The van der Waals surface area contributed by atoms with Crippen molar-refractivity contribution in [1.82, 2.24) is 0 Å². The van der Waals surface area contributed by atoms with Gasteiger partial charge in [0.2, 0.25) is 5.91 Å². The van der Waals surface area contributed by atoms with Crippen molar-refractivity contribution in [3.8, 4) is 0 Å². The summed E-state index contributed by atoms with van der Waals surface area (Å²) < 4.78 is 43.0. The summed E-state index contributed by atoms with van der Waals surface area (Å²) in [6.07, 6.45) is -3.63. The van der Waals surface area contributed by atoms with E-state index in [-0.39, 0.29) is 17.9 Å². The molecule has 2 aromatic carbocycles. The average Bonchev–Trinajstić information content (AvgIpc) is 3.12. The van der Waals surface area contributed by atoms with Crippen LogP contribution in [0.4, 0.5) is 24.5 Å². The van der Waals surface area contributed by atoms with Crippen LogP contribution in [0.2, 0.25) is 0 Å². The topological polar surface area (TPSA) is 75.7 Å². The SMILES string of the molecule is O=C(COC(=O)Cc1cccc(C(F)(F)F)c1)Nc1cccc(N2CCCC2=O)c1. The van der Waals surface area contributed by atoms with Crippen LogP contribution in [0.5, 0.6) is 0 Å². The van der Waals surface area contributed by atoms with Crippen LogP contribution in [0.15, 0.2) is 48.5 Å². The molecular weight excluding hydrogens is 401 g/mol. The zero-order valence-electron chi connectivity index (χ0n) is 15.9. The summed E-state index contributed by atoms with van der Waals surface area (Å²) in [6, 6.07) is 11.1. The van der Waals surface area contributed by atoms with Crippen molar-refractivity contribution in [2.75, 3.05) is 23.4 Å². The molecule has 2 amide bonds. The Bertz CT molecular complexity index is 959. The molecule has 1 saturated heterocycles. The van der Waals surface area contributed by atoms with Crippen LogP contribution >= 0.6 is 0 Å². The quantitative estimate of drug-likeness (QED) is 0.726. The molecule has 0 aliphatic carbocycles. The van der Waals surface area contributed by atoms with Gasteiger partial charge in [0.15, 0.2) is 6.61 Å². The van der Waals surface area contributed by atoms with E-state index in [0.29, 0.717) is 24.3 Å². The van der Waals surface area contributed by atoms with Crippen molar-refractivity contribution in [3.63, 3.8) is 0 Å². The van der Waals surface area contributed by atoms with Crippen molar-refractivity contribution < 1.29 is 32.3 Å². The van der Waals surface area contributed by atoms with Gasteiger partial charge in [-0.1, -0.05) is 24.3 Å². The number of alkyl halides is 3. The molecule has 0 radical (unpaired) electrons. The second-order valence-corrected chi connectivity index (χ2v) is 6.78. The van der Waals surface area contributed by atoms with Crippen LogP contribution in [-0.4, -0.2) is 30.9 Å². The highest BCUT2D eigenvalue weighted by molar-refractivity contribution is 5.97. The third kappa shape index (κ3) is 5.59. The van der Waals surface area contributed by atoms with Crippen molar-refractivity contribution in [3.05, 3.63) is 59.7 Å². The molecule has 9 heteroatoms. The van der Waals surface area contributed by atoms with Gasteiger partial charge >= 0.3 is 12.1 Å². The largest absolute Gasteiger partial charge is 0.455 e. The molecule has 1 N–H and O–H groups in total. The Morgan fingerprint density at radius 1 is 1.10 bits per heavy atom. The number of benzene rings is 2. The van der Waals surface area contributed by atoms with E-state index in [9.17, 15) is 27.6 Å². The summed E-state index contributed by atoms with van der Waals surface area (Å²) >= 11 is 0. The smallest absolute Gasteiger partial charge is 0.416 e. The van der Waals surface area contributed by atoms with Crippen molar-refractivity contribution in [1.29, 1.82) is 0 Å². The minimum Gasteiger partial charge on any atom is -0.455 e. The average molecular weight is 420 g/mol. The van der Waals surface area contributed by atoms with Crippen molar-refractivity contribution >= 4 is 29.2 Å². The predicted molar refractivity (Wildman–Crippen MR) is 103 cm³/mol. The number of hydrogen-bond acceptors (Lipinski definition) is 4. The minimum atomic E-state index is -4.51. The van der Waals surface area contributed by atoms with Gasteiger partial charge in [0, 0.05) is 24.3 Å². The summed E-state index contributed by atoms with van der Waals surface area (Å²) in [5.74, 6) is -1.40. The number of nitrogens with one attached hydrogen (secondary N) is 1. The highest BCUT2D eigenvalue weighted by Crippen LogP contribution is 2.29. The number of hydrogen-bond donors (Lipinski definition) is 1. The van der Waals surface area contributed by atoms with Gasteiger partial charge in [-0.2, -0.15) is 13.2 Å². The van der Waals surface area contributed by atoms with E-state index in [0.717, 1.165) is 18.6 Å². The first-order valence-corrected chi connectivity index (χ1v) is 9.24. The van der Waals surface area contributed by atoms with Gasteiger partial charge < -0.3 is 15.0 Å². The van der Waals surface area contributed by atoms with Crippen LogP contribution in [0.3, 0.4) is 0 Å². The number of halogens is 3. The lowest BCUT2D eigenvalue weighted by atomic mass is 10.1. The molecule has 1 aliphatic heterocycles. The molecule has 1 fully saturated rings. The molecule has 0 saturated carbocycles. The van der Waals surface area contributed by atoms with E-state index in [1.165, 1.54) is 12.1 Å². The Hall–Kier alpha value is -3.36. The zero-order chi connectivity index (χ0) is 21.7. The lowest BCUT2D eigenvalue weighted by Crippen LogP contribution is -2.24. The first-order chi connectivity index (χ1) is 14.2. The Kier molecular flexibility index (Phi) is 6.39. The normalized spacial score (nSPS) is 14.0. The molecule has 0 bridgehead atoms. The maximum Gasteiger partial charge on any atom is 0.416 e. The molecule has 30 heavy (non-hydrogen) atoms. The molecule has 0 atom stereocenters. The Labute approximate surface area is 170 Å². The van der Waals surface area contributed by atoms with E-state index in [2.05, 4.69) is 5.32 Å². The first-order valence-electron chi connectivity index (χ1n) is 9.24. The van der Waals surface area contributed by atoms with Crippen LogP contribution in [-0.2, 0) is 31.7 Å². The Balaban J connectivity index is 1.51. The van der Waals surface area contributed by atoms with E-state index in [1.54, 1.807) is 29.2 Å². The lowest BCUT2D eigenvalue weighted by molar-refractivity contribution is -0.146. The molecule has 1 aliphatic rings. The Morgan fingerprint density at radius 3 is 2.57 bits per heavy atom. The third-order valence-corrected chi connectivity index (χ3v) is 4.48. The van der Waals surface area contributed by atoms with Crippen LogP contribution < -0.4 is 10.2 Å².